The molecule has 1 aromatic rings. The van der Waals surface area contributed by atoms with E-state index in [0.717, 1.165) is 18.4 Å². The number of hydrogen-bond acceptors (Lipinski definition) is 3. The van der Waals surface area contributed by atoms with Crippen molar-refractivity contribution in [2.45, 2.75) is 58.4 Å². The lowest BCUT2D eigenvalue weighted by Gasteiger charge is -2.34. The minimum atomic E-state index is 0.428. The van der Waals surface area contributed by atoms with Gasteiger partial charge in [0.05, 0.1) is 17.9 Å². The molecule has 1 heterocycles. The zero-order valence-corrected chi connectivity index (χ0v) is 12.6. The molecule has 19 heavy (non-hydrogen) atoms. The second-order valence-corrected chi connectivity index (χ2v) is 5.90. The molecule has 0 spiro atoms. The van der Waals surface area contributed by atoms with Crippen molar-refractivity contribution in [1.82, 2.24) is 20.3 Å². The van der Waals surface area contributed by atoms with E-state index in [-0.39, 0.29) is 0 Å². The molecule has 0 aliphatic heterocycles. The highest BCUT2D eigenvalue weighted by molar-refractivity contribution is 5.04. The Labute approximate surface area is 117 Å². The summed E-state index contributed by atoms with van der Waals surface area (Å²) in [5.74, 6) is 1.69. The molecule has 0 saturated heterocycles. The third kappa shape index (κ3) is 3.56. The van der Waals surface area contributed by atoms with E-state index in [4.69, 9.17) is 0 Å². The lowest BCUT2D eigenvalue weighted by molar-refractivity contribution is 0.213. The number of hydrogen-bond donors (Lipinski definition) is 1. The summed E-state index contributed by atoms with van der Waals surface area (Å²) in [7, 11) is 2.00. The van der Waals surface area contributed by atoms with Crippen LogP contribution in [0.25, 0.3) is 0 Å². The van der Waals surface area contributed by atoms with E-state index in [0.29, 0.717) is 6.04 Å². The van der Waals surface area contributed by atoms with Gasteiger partial charge in [-0.1, -0.05) is 38.3 Å². The fraction of sp³-hybridized carbons (Fsp3) is 0.867. The largest absolute Gasteiger partial charge is 0.308 e. The van der Waals surface area contributed by atoms with Gasteiger partial charge < -0.3 is 5.32 Å². The summed E-state index contributed by atoms with van der Waals surface area (Å²) in [5, 5.41) is 11.9. The van der Waals surface area contributed by atoms with Crippen molar-refractivity contribution >= 4 is 0 Å². The van der Waals surface area contributed by atoms with Gasteiger partial charge in [-0.05, 0) is 37.6 Å². The first-order valence-corrected chi connectivity index (χ1v) is 7.84. The second kappa shape index (κ2) is 7.04. The van der Waals surface area contributed by atoms with Crippen LogP contribution in [0.1, 0.15) is 64.1 Å². The molecule has 1 N–H and O–H groups in total. The van der Waals surface area contributed by atoms with Crippen LogP contribution in [0.4, 0.5) is 0 Å². The summed E-state index contributed by atoms with van der Waals surface area (Å²) in [6.45, 7) is 5.62. The minimum absolute atomic E-state index is 0.428. The van der Waals surface area contributed by atoms with Crippen molar-refractivity contribution in [3.8, 4) is 0 Å². The van der Waals surface area contributed by atoms with E-state index in [9.17, 15) is 0 Å². The maximum absolute atomic E-state index is 4.10. The molecule has 1 aliphatic rings. The average Bonchev–Trinajstić information content (AvgIpc) is 2.86. The summed E-state index contributed by atoms with van der Waals surface area (Å²) >= 11 is 0. The van der Waals surface area contributed by atoms with Gasteiger partial charge in [-0.15, -0.1) is 5.10 Å². The van der Waals surface area contributed by atoms with Crippen molar-refractivity contribution in [1.29, 1.82) is 0 Å². The number of aryl methyl sites for hydroxylation is 1. The Bertz CT molecular complexity index is 366. The summed E-state index contributed by atoms with van der Waals surface area (Å²) in [4.78, 5) is 0. The first-order valence-electron chi connectivity index (χ1n) is 7.84. The van der Waals surface area contributed by atoms with Gasteiger partial charge in [0.15, 0.2) is 0 Å². The molecule has 0 radical (unpaired) electrons. The van der Waals surface area contributed by atoms with E-state index in [1.54, 1.807) is 0 Å². The highest BCUT2D eigenvalue weighted by Crippen LogP contribution is 2.37. The zero-order valence-electron chi connectivity index (χ0n) is 12.6. The molecule has 0 bridgehead atoms. The lowest BCUT2D eigenvalue weighted by Crippen LogP contribution is -2.33. The molecule has 2 rings (SSSR count). The molecule has 1 fully saturated rings. The van der Waals surface area contributed by atoms with Crippen LogP contribution in [-0.4, -0.2) is 21.5 Å². The van der Waals surface area contributed by atoms with E-state index in [1.807, 2.05) is 17.9 Å². The first kappa shape index (κ1) is 14.5. The predicted octanol–water partition coefficient (Wildman–Crippen LogP) is 3.07. The first-order chi connectivity index (χ1) is 9.26. The molecule has 0 aromatic carbocycles. The van der Waals surface area contributed by atoms with Crippen molar-refractivity contribution in [2.75, 3.05) is 6.54 Å². The minimum Gasteiger partial charge on any atom is -0.308 e. The monoisotopic (exact) mass is 264 g/mol. The van der Waals surface area contributed by atoms with Crippen LogP contribution >= 0.6 is 0 Å². The van der Waals surface area contributed by atoms with Gasteiger partial charge in [-0.2, -0.15) is 0 Å². The maximum atomic E-state index is 4.10. The van der Waals surface area contributed by atoms with Crippen molar-refractivity contribution < 1.29 is 0 Å². The Hall–Kier alpha value is -0.900. The lowest BCUT2D eigenvalue weighted by atomic mass is 9.77. The van der Waals surface area contributed by atoms with Crippen LogP contribution in [-0.2, 0) is 7.05 Å². The van der Waals surface area contributed by atoms with Crippen LogP contribution < -0.4 is 5.32 Å². The van der Waals surface area contributed by atoms with Gasteiger partial charge in [0.25, 0.3) is 0 Å². The van der Waals surface area contributed by atoms with Crippen LogP contribution in [0, 0.1) is 11.8 Å². The molecule has 4 nitrogen and oxygen atoms in total. The van der Waals surface area contributed by atoms with Crippen LogP contribution in [0.2, 0.25) is 0 Å². The van der Waals surface area contributed by atoms with Crippen molar-refractivity contribution in [2.24, 2.45) is 18.9 Å². The molecule has 1 unspecified atom stereocenters. The summed E-state index contributed by atoms with van der Waals surface area (Å²) in [6.07, 6.45) is 9.89. The molecule has 1 atom stereocenters. The Kier molecular flexibility index (Phi) is 5.37. The standard InChI is InChI=1S/C15H28N4/c1-4-10-16-15(14-11-17-18-19(14)3)13-8-6-12(5-2)7-9-13/h11-13,15-16H,4-10H2,1-3H3. The van der Waals surface area contributed by atoms with Crippen LogP contribution in [0.15, 0.2) is 6.20 Å². The maximum Gasteiger partial charge on any atom is 0.0756 e. The number of nitrogens with one attached hydrogen (secondary N) is 1. The third-order valence-corrected chi connectivity index (χ3v) is 4.62. The molecule has 0 amide bonds. The van der Waals surface area contributed by atoms with Gasteiger partial charge in [0.2, 0.25) is 0 Å². The van der Waals surface area contributed by atoms with Gasteiger partial charge >= 0.3 is 0 Å². The van der Waals surface area contributed by atoms with E-state index in [2.05, 4.69) is 29.5 Å². The normalized spacial score (nSPS) is 25.4. The molecular formula is C15H28N4. The van der Waals surface area contributed by atoms with Gasteiger partial charge in [0.1, 0.15) is 0 Å². The molecule has 108 valence electrons. The molecule has 1 saturated carbocycles. The van der Waals surface area contributed by atoms with E-state index >= 15 is 0 Å². The fourth-order valence-corrected chi connectivity index (χ4v) is 3.32. The second-order valence-electron chi connectivity index (χ2n) is 5.90. The quantitative estimate of drug-likeness (QED) is 0.858. The highest BCUT2D eigenvalue weighted by Gasteiger charge is 2.29. The van der Waals surface area contributed by atoms with Gasteiger partial charge in [0, 0.05) is 7.05 Å². The Morgan fingerprint density at radius 3 is 2.58 bits per heavy atom. The van der Waals surface area contributed by atoms with Crippen LogP contribution in [0.5, 0.6) is 0 Å². The van der Waals surface area contributed by atoms with Crippen molar-refractivity contribution in [3.63, 3.8) is 0 Å². The van der Waals surface area contributed by atoms with E-state index in [1.165, 1.54) is 44.2 Å². The average molecular weight is 264 g/mol. The van der Waals surface area contributed by atoms with Crippen molar-refractivity contribution in [3.05, 3.63) is 11.9 Å². The van der Waals surface area contributed by atoms with E-state index < -0.39 is 0 Å². The Morgan fingerprint density at radius 2 is 2.05 bits per heavy atom. The summed E-state index contributed by atoms with van der Waals surface area (Å²) in [6, 6.07) is 0.428. The third-order valence-electron chi connectivity index (χ3n) is 4.62. The smallest absolute Gasteiger partial charge is 0.0756 e. The summed E-state index contributed by atoms with van der Waals surface area (Å²) < 4.78 is 1.93. The topological polar surface area (TPSA) is 42.7 Å². The zero-order chi connectivity index (χ0) is 13.7. The molecule has 1 aliphatic carbocycles. The molecular weight excluding hydrogens is 236 g/mol. The number of nitrogens with zero attached hydrogens (tertiary/aromatic N) is 3. The number of aromatic nitrogens is 3. The number of rotatable bonds is 6. The van der Waals surface area contributed by atoms with Crippen LogP contribution in [0.3, 0.4) is 0 Å². The Morgan fingerprint density at radius 1 is 1.32 bits per heavy atom. The predicted molar refractivity (Wildman–Crippen MR) is 77.8 cm³/mol. The van der Waals surface area contributed by atoms with Gasteiger partial charge in [-0.3, -0.25) is 4.68 Å². The molecule has 4 heteroatoms. The fourth-order valence-electron chi connectivity index (χ4n) is 3.32. The summed E-state index contributed by atoms with van der Waals surface area (Å²) in [5.41, 5.74) is 1.24. The van der Waals surface area contributed by atoms with Gasteiger partial charge in [-0.25, -0.2) is 0 Å². The SMILES string of the molecule is CCCNC(c1cnnn1C)C1CCC(CC)CC1. The Balaban J connectivity index is 2.04. The highest BCUT2D eigenvalue weighted by atomic mass is 15.4. The molecule has 1 aromatic heterocycles.